The van der Waals surface area contributed by atoms with Gasteiger partial charge in [0.15, 0.2) is 0 Å². The molecule has 2 rings (SSSR count). The first kappa shape index (κ1) is 11.0. The van der Waals surface area contributed by atoms with Crippen LogP contribution in [-0.4, -0.2) is 24.3 Å². The Labute approximate surface area is 94.7 Å². The van der Waals surface area contributed by atoms with Crippen LogP contribution in [0, 0.1) is 12.0 Å². The number of benzene rings is 1. The molecule has 0 aromatic heterocycles. The van der Waals surface area contributed by atoms with E-state index in [1.54, 1.807) is 0 Å². The van der Waals surface area contributed by atoms with Gasteiger partial charge < -0.3 is 15.7 Å². The van der Waals surface area contributed by atoms with E-state index >= 15 is 0 Å². The SMILES string of the molecule is O=C(O)N[C](c1ccccc1)C1CCNC1. The molecule has 0 aliphatic carbocycles. The molecule has 1 heterocycles. The summed E-state index contributed by atoms with van der Waals surface area (Å²) in [5.41, 5.74) is 0.957. The molecule has 85 valence electrons. The van der Waals surface area contributed by atoms with Gasteiger partial charge in [-0.1, -0.05) is 30.3 Å². The number of carboxylic acid groups (broad SMARTS) is 1. The predicted octanol–water partition coefficient (Wildman–Crippen LogP) is 1.44. The normalized spacial score (nSPS) is 19.9. The zero-order valence-electron chi connectivity index (χ0n) is 8.94. The van der Waals surface area contributed by atoms with E-state index in [1.165, 1.54) is 0 Å². The molecule has 1 amide bonds. The van der Waals surface area contributed by atoms with Crippen molar-refractivity contribution < 1.29 is 9.90 Å². The van der Waals surface area contributed by atoms with Crippen LogP contribution in [-0.2, 0) is 0 Å². The number of hydrogen-bond acceptors (Lipinski definition) is 2. The van der Waals surface area contributed by atoms with Crippen LogP contribution in [0.15, 0.2) is 30.3 Å². The van der Waals surface area contributed by atoms with Gasteiger partial charge in [-0.2, -0.15) is 0 Å². The van der Waals surface area contributed by atoms with Crippen LogP contribution in [0.5, 0.6) is 0 Å². The minimum atomic E-state index is -0.995. The maximum atomic E-state index is 10.8. The fraction of sp³-hybridized carbons (Fsp3) is 0.333. The maximum absolute atomic E-state index is 10.8. The summed E-state index contributed by atoms with van der Waals surface area (Å²) in [6.07, 6.45) is -0.0180. The van der Waals surface area contributed by atoms with Gasteiger partial charge in [-0.3, -0.25) is 0 Å². The van der Waals surface area contributed by atoms with Crippen LogP contribution in [0.3, 0.4) is 0 Å². The van der Waals surface area contributed by atoms with Crippen molar-refractivity contribution >= 4 is 6.09 Å². The van der Waals surface area contributed by atoms with Gasteiger partial charge in [0.2, 0.25) is 0 Å². The van der Waals surface area contributed by atoms with Gasteiger partial charge in [0.25, 0.3) is 0 Å². The molecule has 0 bridgehead atoms. The van der Waals surface area contributed by atoms with Gasteiger partial charge >= 0.3 is 6.09 Å². The van der Waals surface area contributed by atoms with Crippen LogP contribution >= 0.6 is 0 Å². The summed E-state index contributed by atoms with van der Waals surface area (Å²) in [6.45, 7) is 1.78. The molecule has 1 aromatic rings. The third kappa shape index (κ3) is 2.52. The molecule has 1 unspecified atom stereocenters. The summed E-state index contributed by atoms with van der Waals surface area (Å²) in [5.74, 6) is 0.262. The average molecular weight is 219 g/mol. The van der Waals surface area contributed by atoms with Crippen LogP contribution in [0.4, 0.5) is 4.79 Å². The van der Waals surface area contributed by atoms with Crippen molar-refractivity contribution in [2.45, 2.75) is 6.42 Å². The van der Waals surface area contributed by atoms with E-state index in [2.05, 4.69) is 10.6 Å². The van der Waals surface area contributed by atoms with E-state index in [0.29, 0.717) is 0 Å². The number of amides is 1. The maximum Gasteiger partial charge on any atom is 0.405 e. The zero-order chi connectivity index (χ0) is 11.4. The quantitative estimate of drug-likeness (QED) is 0.721. The molecule has 1 aromatic carbocycles. The van der Waals surface area contributed by atoms with E-state index in [9.17, 15) is 4.79 Å². The average Bonchev–Trinajstić information content (AvgIpc) is 2.80. The van der Waals surface area contributed by atoms with Crippen molar-refractivity contribution in [3.8, 4) is 0 Å². The van der Waals surface area contributed by atoms with Crippen molar-refractivity contribution in [3.05, 3.63) is 41.9 Å². The van der Waals surface area contributed by atoms with Crippen LogP contribution < -0.4 is 10.6 Å². The van der Waals surface area contributed by atoms with Crippen LogP contribution in [0.25, 0.3) is 0 Å². The highest BCUT2D eigenvalue weighted by Gasteiger charge is 2.28. The zero-order valence-corrected chi connectivity index (χ0v) is 8.94. The van der Waals surface area contributed by atoms with E-state index < -0.39 is 6.09 Å². The van der Waals surface area contributed by atoms with Crippen molar-refractivity contribution in [1.29, 1.82) is 0 Å². The van der Waals surface area contributed by atoms with E-state index in [1.807, 2.05) is 30.3 Å². The van der Waals surface area contributed by atoms with Gasteiger partial charge in [0.05, 0.1) is 0 Å². The van der Waals surface area contributed by atoms with Crippen LogP contribution in [0.1, 0.15) is 12.0 Å². The second-order valence-corrected chi connectivity index (χ2v) is 3.90. The fourth-order valence-electron chi connectivity index (χ4n) is 2.04. The Kier molecular flexibility index (Phi) is 3.41. The Bertz CT molecular complexity index is 347. The second-order valence-electron chi connectivity index (χ2n) is 3.90. The monoisotopic (exact) mass is 219 g/mol. The molecule has 1 aliphatic rings. The van der Waals surface area contributed by atoms with E-state index in [4.69, 9.17) is 5.11 Å². The lowest BCUT2D eigenvalue weighted by Gasteiger charge is -2.21. The molecule has 4 heteroatoms. The highest BCUT2D eigenvalue weighted by atomic mass is 16.4. The first-order valence-electron chi connectivity index (χ1n) is 5.40. The number of rotatable bonds is 3. The molecule has 1 saturated heterocycles. The summed E-state index contributed by atoms with van der Waals surface area (Å²) >= 11 is 0. The molecule has 16 heavy (non-hydrogen) atoms. The predicted molar refractivity (Wildman–Crippen MR) is 60.9 cm³/mol. The minimum Gasteiger partial charge on any atom is -0.465 e. The summed E-state index contributed by atoms with van der Waals surface area (Å²) in [7, 11) is 0. The Hall–Kier alpha value is -1.55. The number of hydrogen-bond donors (Lipinski definition) is 3. The Morgan fingerprint density at radius 2 is 2.12 bits per heavy atom. The molecule has 1 aliphatic heterocycles. The van der Waals surface area contributed by atoms with Gasteiger partial charge in [0, 0.05) is 12.5 Å². The Balaban J connectivity index is 2.16. The molecule has 3 N–H and O–H groups in total. The highest BCUT2D eigenvalue weighted by molar-refractivity contribution is 5.67. The Morgan fingerprint density at radius 3 is 2.69 bits per heavy atom. The summed E-state index contributed by atoms with van der Waals surface area (Å²) in [4.78, 5) is 10.8. The van der Waals surface area contributed by atoms with E-state index in [-0.39, 0.29) is 5.92 Å². The third-order valence-electron chi connectivity index (χ3n) is 2.79. The Morgan fingerprint density at radius 1 is 1.38 bits per heavy atom. The smallest absolute Gasteiger partial charge is 0.405 e. The minimum absolute atomic E-state index is 0.262. The summed E-state index contributed by atoms with van der Waals surface area (Å²) in [5, 5.41) is 14.6. The lowest BCUT2D eigenvalue weighted by atomic mass is 9.92. The lowest BCUT2D eigenvalue weighted by molar-refractivity contribution is 0.194. The van der Waals surface area contributed by atoms with E-state index in [0.717, 1.165) is 31.1 Å². The largest absolute Gasteiger partial charge is 0.465 e. The number of carbonyl (C=O) groups is 1. The fourth-order valence-corrected chi connectivity index (χ4v) is 2.04. The molecule has 1 atom stereocenters. The lowest BCUT2D eigenvalue weighted by Crippen LogP contribution is -2.34. The van der Waals surface area contributed by atoms with Crippen molar-refractivity contribution in [2.24, 2.45) is 5.92 Å². The second kappa shape index (κ2) is 4.99. The molecule has 0 saturated carbocycles. The standard InChI is InChI=1S/C12H15N2O2/c15-12(16)14-11(10-6-7-13-8-10)9-4-2-1-3-5-9/h1-5,10,13-14H,6-8H2,(H,15,16). The molecular formula is C12H15N2O2. The van der Waals surface area contributed by atoms with Crippen molar-refractivity contribution in [3.63, 3.8) is 0 Å². The molecular weight excluding hydrogens is 204 g/mol. The molecule has 0 spiro atoms. The van der Waals surface area contributed by atoms with Gasteiger partial charge in [-0.05, 0) is 18.5 Å². The van der Waals surface area contributed by atoms with Gasteiger partial charge in [0.1, 0.15) is 6.04 Å². The van der Waals surface area contributed by atoms with Gasteiger partial charge in [-0.25, -0.2) is 4.79 Å². The van der Waals surface area contributed by atoms with Crippen molar-refractivity contribution in [2.75, 3.05) is 13.1 Å². The first-order chi connectivity index (χ1) is 7.77. The van der Waals surface area contributed by atoms with Gasteiger partial charge in [-0.15, -0.1) is 0 Å². The van der Waals surface area contributed by atoms with Crippen LogP contribution in [0.2, 0.25) is 0 Å². The third-order valence-corrected chi connectivity index (χ3v) is 2.79. The molecule has 4 nitrogen and oxygen atoms in total. The van der Waals surface area contributed by atoms with Crippen molar-refractivity contribution in [1.82, 2.24) is 10.6 Å². The summed E-state index contributed by atoms with van der Waals surface area (Å²) < 4.78 is 0. The first-order valence-corrected chi connectivity index (χ1v) is 5.40. The summed E-state index contributed by atoms with van der Waals surface area (Å²) in [6, 6.07) is 10.4. The topological polar surface area (TPSA) is 61.4 Å². The molecule has 1 fully saturated rings. The molecule has 1 radical (unpaired) electrons. The highest BCUT2D eigenvalue weighted by Crippen LogP contribution is 2.25. The number of nitrogens with one attached hydrogen (secondary N) is 2.